The predicted octanol–water partition coefficient (Wildman–Crippen LogP) is -6.50. The van der Waals surface area contributed by atoms with Crippen LogP contribution in [0.25, 0.3) is 0 Å². The molecule has 0 radical (unpaired) electrons. The van der Waals surface area contributed by atoms with Crippen molar-refractivity contribution in [1.29, 1.82) is 0 Å². The minimum absolute atomic E-state index is 0.0622. The van der Waals surface area contributed by atoms with E-state index in [0.29, 0.717) is 12.4 Å². The highest BCUT2D eigenvalue weighted by atomic mass is 16.8. The number of benzene rings is 1. The molecule has 30 atom stereocenters. The van der Waals surface area contributed by atoms with Crippen molar-refractivity contribution in [2.75, 3.05) is 46.8 Å². The molecule has 36 nitrogen and oxygen atoms in total. The third-order valence-corrected chi connectivity index (χ3v) is 18.2. The molecule has 6 fully saturated rings. The summed E-state index contributed by atoms with van der Waals surface area (Å²) in [6.45, 7) is 3.61. The quantitative estimate of drug-likeness (QED) is 0.0291. The zero-order valence-electron chi connectivity index (χ0n) is 56.4. The SMILES string of the molecule is CCCCCCCCCCCOc1cccc(C(=O)NC2[C@H](O[C@H]3C(O)C(NC(C)=O)[C@H](OC4C(CO)O[C@@H](O[C@H]5C(O)C(NC(C)=O)[C@H](OC6C(CO[C@@H]7OC(C)[C@@H](O)C(O)[C@H]7OC)O[C@@H](O)[C@@H](NC(C)=O)[C@H]6O)O[C@H]5CO)[C@@H](NC(C)=O)[C@H]4O)O[C@H]3CO)OC(CO)[C@@H](O)[C@@H]2O)c1. The fourth-order valence-electron chi connectivity index (χ4n) is 13.0. The van der Waals surface area contributed by atoms with Gasteiger partial charge in [-0.05, 0) is 31.5 Å². The third-order valence-electron chi connectivity index (χ3n) is 18.2. The Bertz CT molecular complexity index is 2680. The monoisotopic (exact) mass is 1430 g/mol. The number of unbranched alkanes of at least 4 members (excludes halogenated alkanes) is 8. The Morgan fingerprint density at radius 3 is 1.27 bits per heavy atom. The van der Waals surface area contributed by atoms with Gasteiger partial charge in [-0.2, -0.15) is 0 Å². The van der Waals surface area contributed by atoms with Gasteiger partial charge in [0.15, 0.2) is 37.7 Å². The van der Waals surface area contributed by atoms with Crippen LogP contribution in [-0.2, 0) is 76.0 Å². The topological polar surface area (TPSA) is 528 Å². The summed E-state index contributed by atoms with van der Waals surface area (Å²) < 4.78 is 78.0. The average Bonchev–Trinajstić information content (AvgIpc) is 0.771. The van der Waals surface area contributed by atoms with Crippen LogP contribution < -0.4 is 31.3 Å². The van der Waals surface area contributed by atoms with Crippen LogP contribution in [0.3, 0.4) is 0 Å². The molecule has 99 heavy (non-hydrogen) atoms. The van der Waals surface area contributed by atoms with E-state index in [9.17, 15) is 90.4 Å². The Morgan fingerprint density at radius 2 is 0.838 bits per heavy atom. The third kappa shape index (κ3) is 21.1. The lowest BCUT2D eigenvalue weighted by molar-refractivity contribution is -0.368. The summed E-state index contributed by atoms with van der Waals surface area (Å²) in [5.74, 6) is -3.63. The van der Waals surface area contributed by atoms with Crippen molar-refractivity contribution in [3.05, 3.63) is 29.8 Å². The molecule has 18 N–H and O–H groups in total. The van der Waals surface area contributed by atoms with Gasteiger partial charge in [0.1, 0.15) is 146 Å². The average molecular weight is 1430 g/mol. The summed E-state index contributed by atoms with van der Waals surface area (Å²) in [4.78, 5) is 65.1. The van der Waals surface area contributed by atoms with E-state index in [4.69, 9.17) is 61.6 Å². The van der Waals surface area contributed by atoms with Gasteiger partial charge in [-0.15, -0.1) is 0 Å². The first kappa shape index (κ1) is 81.7. The minimum atomic E-state index is -2.06. The zero-order valence-corrected chi connectivity index (χ0v) is 56.4. The van der Waals surface area contributed by atoms with Crippen molar-refractivity contribution >= 4 is 29.5 Å². The number of carbonyl (C=O) groups excluding carboxylic acids is 5. The maximum absolute atomic E-state index is 14.0. The van der Waals surface area contributed by atoms with E-state index in [-0.39, 0.29) is 5.56 Å². The van der Waals surface area contributed by atoms with Gasteiger partial charge in [0, 0.05) is 40.4 Å². The van der Waals surface area contributed by atoms with Gasteiger partial charge in [0.2, 0.25) is 23.6 Å². The summed E-state index contributed by atoms with van der Waals surface area (Å²) in [6, 6.07) is -2.38. The van der Waals surface area contributed by atoms with Crippen molar-refractivity contribution in [3.8, 4) is 5.75 Å². The van der Waals surface area contributed by atoms with Gasteiger partial charge in [0.05, 0.1) is 45.7 Å². The van der Waals surface area contributed by atoms with Crippen LogP contribution in [0.4, 0.5) is 0 Å². The van der Waals surface area contributed by atoms with Crippen molar-refractivity contribution in [1.82, 2.24) is 26.6 Å². The van der Waals surface area contributed by atoms with Gasteiger partial charge in [0.25, 0.3) is 5.91 Å². The molecule has 0 spiro atoms. The number of nitrogens with one attached hydrogen (secondary N) is 5. The van der Waals surface area contributed by atoms with E-state index in [1.165, 1.54) is 58.3 Å². The number of aliphatic hydroxyl groups excluding tert-OH is 13. The lowest BCUT2D eigenvalue weighted by Crippen LogP contribution is -2.72. The fourth-order valence-corrected chi connectivity index (χ4v) is 13.0. The minimum Gasteiger partial charge on any atom is -0.494 e. The standard InChI is InChI=1S/C63H103N5O31/c1-8-9-10-11-12-13-14-15-16-20-88-33-19-17-18-32(21-33)57(85)68-40-46(79)45(78)34(22-69)92-59(40)96-52-35(23-70)93-60(41(48(52)81)65-29(4)74)97-53-36(24-71)94-61(42(49(53)82)66-30(5)75)98-54-37(25-72)95-62(43(50(54)83)67-31(6)76)99-55-38(91-58(86)39(47(55)80)64-28(3)73)26-89-63-56(87-7)51(84)44(77)27(2)90-63/h17-19,21,27,34-56,58-63,69-72,77-84,86H,8-16,20,22-26H2,1-7H3,(H,64,73)(H,65,74)(H,66,75)(H,67,76)(H,68,85)/t27?,34?,35-,36?,37-,38?,39-,40?,41?,42-,43?,44+,45+,46+,47+,48?,49+,50?,51?,52+,53?,54+,55?,56+,58+,59-,60-,61-,62-,63+/m0/s1. The molecule has 6 aliphatic heterocycles. The maximum atomic E-state index is 14.0. The molecule has 6 heterocycles. The number of methoxy groups -OCH3 is 1. The Hall–Kier alpha value is -4.63. The van der Waals surface area contributed by atoms with Crippen LogP contribution in [0.2, 0.25) is 0 Å². The van der Waals surface area contributed by atoms with Gasteiger partial charge in [-0.25, -0.2) is 0 Å². The Labute approximate surface area is 572 Å². The van der Waals surface area contributed by atoms with E-state index < -0.39 is 246 Å². The Balaban J connectivity index is 1.07. The van der Waals surface area contributed by atoms with Crippen LogP contribution in [-0.4, -0.2) is 327 Å². The van der Waals surface area contributed by atoms with Crippen LogP contribution >= 0.6 is 0 Å². The first-order chi connectivity index (χ1) is 47.2. The first-order valence-corrected chi connectivity index (χ1v) is 33.6. The predicted molar refractivity (Wildman–Crippen MR) is 333 cm³/mol. The molecule has 5 amide bonds. The normalized spacial score (nSPS) is 39.5. The number of hydrogen-bond acceptors (Lipinski definition) is 31. The number of rotatable bonds is 33. The van der Waals surface area contributed by atoms with Gasteiger partial charge in [-0.3, -0.25) is 24.0 Å². The van der Waals surface area contributed by atoms with Gasteiger partial charge < -0.3 is 155 Å². The largest absolute Gasteiger partial charge is 0.494 e. The highest BCUT2D eigenvalue weighted by Crippen LogP contribution is 2.37. The van der Waals surface area contributed by atoms with Crippen LogP contribution in [0.5, 0.6) is 5.75 Å². The number of hydrogen-bond donors (Lipinski definition) is 18. The molecule has 0 bridgehead atoms. The number of ether oxygens (including phenoxy) is 13. The molecule has 7 rings (SSSR count). The van der Waals surface area contributed by atoms with E-state index >= 15 is 0 Å². The molecule has 12 unspecified atom stereocenters. The summed E-state index contributed by atoms with van der Waals surface area (Å²) in [7, 11) is 1.21. The lowest BCUT2D eigenvalue weighted by Gasteiger charge is -2.51. The second-order valence-corrected chi connectivity index (χ2v) is 25.6. The molecule has 0 saturated carbocycles. The Morgan fingerprint density at radius 1 is 0.434 bits per heavy atom. The summed E-state index contributed by atoms with van der Waals surface area (Å²) in [5.41, 5.74) is 0.0622. The fraction of sp³-hybridized carbons (Fsp3) is 0.825. The molecule has 6 saturated heterocycles. The summed E-state index contributed by atoms with van der Waals surface area (Å²) in [5, 5.41) is 159. The second kappa shape index (κ2) is 38.8. The summed E-state index contributed by atoms with van der Waals surface area (Å²) in [6.07, 6.45) is -33.4. The highest BCUT2D eigenvalue weighted by Gasteiger charge is 2.58. The Kier molecular flexibility index (Phi) is 32.0. The number of amides is 5. The zero-order chi connectivity index (χ0) is 72.5. The van der Waals surface area contributed by atoms with Crippen molar-refractivity contribution in [2.24, 2.45) is 0 Å². The van der Waals surface area contributed by atoms with Crippen LogP contribution in [0.15, 0.2) is 24.3 Å². The van der Waals surface area contributed by atoms with Crippen molar-refractivity contribution in [2.45, 2.75) is 283 Å². The first-order valence-electron chi connectivity index (χ1n) is 33.6. The summed E-state index contributed by atoms with van der Waals surface area (Å²) >= 11 is 0. The molecule has 1 aromatic carbocycles. The highest BCUT2D eigenvalue weighted by molar-refractivity contribution is 5.94. The maximum Gasteiger partial charge on any atom is 0.251 e. The van der Waals surface area contributed by atoms with Crippen molar-refractivity contribution < 1.29 is 152 Å². The smallest absolute Gasteiger partial charge is 0.251 e. The van der Waals surface area contributed by atoms with E-state index in [2.05, 4.69) is 33.5 Å². The molecular formula is C63H103N5O31. The molecule has 0 aromatic heterocycles. The number of aliphatic hydroxyl groups is 13. The molecule has 36 heteroatoms. The van der Waals surface area contributed by atoms with E-state index in [1.54, 1.807) is 12.1 Å². The molecule has 566 valence electrons. The van der Waals surface area contributed by atoms with Crippen LogP contribution in [0.1, 0.15) is 110 Å². The molecular weight excluding hydrogens is 1320 g/mol. The number of carbonyl (C=O) groups is 5. The van der Waals surface area contributed by atoms with E-state index in [1.807, 2.05) is 0 Å². The molecule has 6 aliphatic rings. The van der Waals surface area contributed by atoms with Gasteiger partial charge >= 0.3 is 0 Å². The van der Waals surface area contributed by atoms with Crippen LogP contribution in [0, 0.1) is 0 Å². The van der Waals surface area contributed by atoms with Gasteiger partial charge in [-0.1, -0.05) is 64.4 Å². The molecule has 1 aromatic rings. The van der Waals surface area contributed by atoms with Crippen molar-refractivity contribution in [3.63, 3.8) is 0 Å². The second-order valence-electron chi connectivity index (χ2n) is 25.6. The molecule has 0 aliphatic carbocycles. The van der Waals surface area contributed by atoms with E-state index in [0.717, 1.165) is 53.4 Å². The lowest BCUT2D eigenvalue weighted by atomic mass is 9.93.